The average molecular weight is 675 g/mol. The minimum Gasteiger partial charge on any atom is -0.309 e. The fraction of sp³-hybridized carbons (Fsp3) is 0.208. The van der Waals surface area contributed by atoms with Gasteiger partial charge in [-0.05, 0) is 89.4 Å². The highest BCUT2D eigenvalue weighted by Gasteiger charge is 2.27. The fourth-order valence-electron chi connectivity index (χ4n) is 8.08. The van der Waals surface area contributed by atoms with E-state index in [4.69, 9.17) is 0 Å². The summed E-state index contributed by atoms with van der Waals surface area (Å²) in [6, 6.07) is 43.6. The second-order valence-electron chi connectivity index (χ2n) is 16.2. The molecule has 2 heterocycles. The van der Waals surface area contributed by atoms with Gasteiger partial charge in [0.15, 0.2) is 0 Å². The van der Waals surface area contributed by atoms with Gasteiger partial charge in [0, 0.05) is 32.7 Å². The Morgan fingerprint density at radius 1 is 0.519 bits per heavy atom. The van der Waals surface area contributed by atoms with E-state index in [-0.39, 0.29) is 10.8 Å². The summed E-state index contributed by atoms with van der Waals surface area (Å²) in [4.78, 5) is 0. The van der Waals surface area contributed by atoms with Crippen LogP contribution >= 0.6 is 0 Å². The van der Waals surface area contributed by atoms with E-state index in [2.05, 4.69) is 168 Å². The maximum atomic E-state index is 10.7. The van der Waals surface area contributed by atoms with Gasteiger partial charge in [-0.15, -0.1) is 0 Å². The van der Waals surface area contributed by atoms with E-state index in [9.17, 15) is 10.5 Å². The molecule has 6 aromatic carbocycles. The second kappa shape index (κ2) is 11.7. The summed E-state index contributed by atoms with van der Waals surface area (Å²) in [5.74, 6) is 0. The Morgan fingerprint density at radius 2 is 1.10 bits per heavy atom. The molecular weight excluding hydrogens is 633 g/mol. The molecule has 8 aromatic rings. The molecule has 0 saturated carbocycles. The van der Waals surface area contributed by atoms with E-state index in [0.29, 0.717) is 11.1 Å². The van der Waals surface area contributed by atoms with Crippen LogP contribution in [0.1, 0.15) is 74.9 Å². The van der Waals surface area contributed by atoms with Gasteiger partial charge in [0.25, 0.3) is 0 Å². The third-order valence-electron chi connectivity index (χ3n) is 10.8. The molecule has 4 heteroatoms. The fourth-order valence-corrected chi connectivity index (χ4v) is 8.08. The van der Waals surface area contributed by atoms with Crippen LogP contribution in [-0.2, 0) is 10.8 Å². The smallest absolute Gasteiger partial charge is 0.101 e. The quantitative estimate of drug-likeness (QED) is 0.187. The van der Waals surface area contributed by atoms with E-state index in [1.807, 2.05) is 12.1 Å². The second-order valence-corrected chi connectivity index (χ2v) is 16.2. The summed E-state index contributed by atoms with van der Waals surface area (Å²) in [6.45, 7) is 17.9. The Hall–Kier alpha value is -6.10. The van der Waals surface area contributed by atoms with E-state index < -0.39 is 0 Å². The lowest BCUT2D eigenvalue weighted by atomic mass is 9.85. The number of aryl methyl sites for hydroxylation is 2. The van der Waals surface area contributed by atoms with Crippen molar-refractivity contribution in [2.45, 2.75) is 66.2 Å². The molecule has 8 rings (SSSR count). The third-order valence-corrected chi connectivity index (χ3v) is 10.8. The van der Waals surface area contributed by atoms with Gasteiger partial charge in [-0.1, -0.05) is 108 Å². The molecule has 0 bridgehead atoms. The predicted octanol–water partition coefficient (Wildman–Crippen LogP) is 12.5. The molecule has 0 aliphatic heterocycles. The molecule has 254 valence electrons. The van der Waals surface area contributed by atoms with Crippen LogP contribution in [0.4, 0.5) is 0 Å². The number of nitrogens with zero attached hydrogens (tertiary/aromatic N) is 4. The summed E-state index contributed by atoms with van der Waals surface area (Å²) >= 11 is 0. The summed E-state index contributed by atoms with van der Waals surface area (Å²) in [7, 11) is 0. The molecule has 0 spiro atoms. The van der Waals surface area contributed by atoms with Gasteiger partial charge < -0.3 is 9.13 Å². The van der Waals surface area contributed by atoms with Crippen LogP contribution in [0.5, 0.6) is 0 Å². The van der Waals surface area contributed by atoms with Gasteiger partial charge in [-0.25, -0.2) is 0 Å². The van der Waals surface area contributed by atoms with Crippen LogP contribution in [0.2, 0.25) is 0 Å². The van der Waals surface area contributed by atoms with E-state index in [1.54, 1.807) is 6.07 Å². The molecule has 0 saturated heterocycles. The van der Waals surface area contributed by atoms with Gasteiger partial charge in [-0.3, -0.25) is 0 Å². The minimum atomic E-state index is -0.0277. The highest BCUT2D eigenvalue weighted by atomic mass is 15.0. The van der Waals surface area contributed by atoms with Crippen LogP contribution in [-0.4, -0.2) is 9.13 Å². The Labute approximate surface area is 305 Å². The third kappa shape index (κ3) is 4.94. The lowest BCUT2D eigenvalue weighted by Crippen LogP contribution is -2.10. The van der Waals surface area contributed by atoms with Crippen LogP contribution in [0.15, 0.2) is 109 Å². The molecule has 0 atom stereocenters. The number of benzene rings is 6. The molecule has 52 heavy (non-hydrogen) atoms. The Kier molecular flexibility index (Phi) is 7.46. The summed E-state index contributed by atoms with van der Waals surface area (Å²) in [5.41, 5.74) is 13.6. The van der Waals surface area contributed by atoms with Crippen molar-refractivity contribution in [2.24, 2.45) is 0 Å². The van der Waals surface area contributed by atoms with Crippen molar-refractivity contribution in [3.05, 3.63) is 143 Å². The first-order valence-electron chi connectivity index (χ1n) is 18.0. The molecule has 0 N–H and O–H groups in total. The normalized spacial score (nSPS) is 12.2. The van der Waals surface area contributed by atoms with Crippen molar-refractivity contribution in [1.29, 1.82) is 10.5 Å². The maximum absolute atomic E-state index is 10.7. The van der Waals surface area contributed by atoms with E-state index in [1.165, 1.54) is 21.9 Å². The lowest BCUT2D eigenvalue weighted by Gasteiger charge is -2.21. The molecule has 0 aliphatic rings. The summed E-state index contributed by atoms with van der Waals surface area (Å²) < 4.78 is 4.77. The molecular formula is C48H42N4. The monoisotopic (exact) mass is 674 g/mol. The van der Waals surface area contributed by atoms with Gasteiger partial charge in [0.1, 0.15) is 12.1 Å². The number of fused-ring (bicyclic) bond motifs is 6. The Morgan fingerprint density at radius 3 is 1.67 bits per heavy atom. The number of hydrogen-bond acceptors (Lipinski definition) is 2. The van der Waals surface area contributed by atoms with Crippen molar-refractivity contribution in [3.63, 3.8) is 0 Å². The first-order valence-corrected chi connectivity index (χ1v) is 18.0. The number of aromatic nitrogens is 2. The van der Waals surface area contributed by atoms with Gasteiger partial charge in [0.2, 0.25) is 0 Å². The number of para-hydroxylation sites is 2. The first-order chi connectivity index (χ1) is 24.8. The largest absolute Gasteiger partial charge is 0.309 e. The zero-order valence-corrected chi connectivity index (χ0v) is 31.2. The molecule has 4 nitrogen and oxygen atoms in total. The molecule has 0 aliphatic carbocycles. The van der Waals surface area contributed by atoms with Crippen LogP contribution in [0.25, 0.3) is 66.1 Å². The lowest BCUT2D eigenvalue weighted by molar-refractivity contribution is 0.590. The molecule has 2 aromatic heterocycles. The standard InChI is InChI=1S/C48H42N4/c1-29-13-11-14-30(2)45(29)52-40-18-10-9-16-34(40)36-21-24-43(44(46(36)52)35-17-12-15-31(27-49)39(35)28-50)51-41-22-19-32(47(3,4)5)25-37(41)38-26-33(48(6,7)8)20-23-42(38)51/h9-26H,1-8H3. The summed E-state index contributed by atoms with van der Waals surface area (Å²) in [5, 5.41) is 25.6. The zero-order chi connectivity index (χ0) is 36.7. The number of rotatable bonds is 3. The molecule has 0 amide bonds. The van der Waals surface area contributed by atoms with Crippen LogP contribution in [0, 0.1) is 36.5 Å². The van der Waals surface area contributed by atoms with Crippen molar-refractivity contribution in [2.75, 3.05) is 0 Å². The molecule has 0 radical (unpaired) electrons. The minimum absolute atomic E-state index is 0.0277. The van der Waals surface area contributed by atoms with Gasteiger partial charge >= 0.3 is 0 Å². The Bertz CT molecular complexity index is 2760. The molecule has 0 unspecified atom stereocenters. The van der Waals surface area contributed by atoms with E-state index in [0.717, 1.165) is 66.5 Å². The summed E-state index contributed by atoms with van der Waals surface area (Å²) in [6.07, 6.45) is 0. The van der Waals surface area contributed by atoms with Crippen molar-refractivity contribution < 1.29 is 0 Å². The zero-order valence-electron chi connectivity index (χ0n) is 31.2. The van der Waals surface area contributed by atoms with Crippen molar-refractivity contribution in [1.82, 2.24) is 9.13 Å². The average Bonchev–Trinajstić information content (AvgIpc) is 3.62. The van der Waals surface area contributed by atoms with Gasteiger partial charge in [0.05, 0.1) is 44.6 Å². The SMILES string of the molecule is Cc1cccc(C)c1-n1c2ccccc2c2ccc(-n3c4ccc(C(C)(C)C)cc4c4cc(C(C)(C)C)ccc43)c(-c3cccc(C#N)c3C#N)c21. The predicted molar refractivity (Wildman–Crippen MR) is 217 cm³/mol. The van der Waals surface area contributed by atoms with Crippen molar-refractivity contribution in [3.8, 4) is 34.6 Å². The van der Waals surface area contributed by atoms with E-state index >= 15 is 0 Å². The van der Waals surface area contributed by atoms with Gasteiger partial charge in [-0.2, -0.15) is 10.5 Å². The van der Waals surface area contributed by atoms with Crippen molar-refractivity contribution >= 4 is 43.6 Å². The highest BCUT2D eigenvalue weighted by molar-refractivity contribution is 6.17. The molecule has 0 fully saturated rings. The van der Waals surface area contributed by atoms with Crippen LogP contribution < -0.4 is 0 Å². The maximum Gasteiger partial charge on any atom is 0.101 e. The number of nitriles is 2. The van der Waals surface area contributed by atoms with Crippen LogP contribution in [0.3, 0.4) is 0 Å². The topological polar surface area (TPSA) is 57.4 Å². The first kappa shape index (κ1) is 33.1. The highest BCUT2D eigenvalue weighted by Crippen LogP contribution is 2.46. The number of hydrogen-bond donors (Lipinski definition) is 0. The Balaban J connectivity index is 1.64.